The Morgan fingerprint density at radius 1 is 0.718 bits per heavy atom. The lowest BCUT2D eigenvalue weighted by Crippen LogP contribution is -2.41. The molecular weight excluding hydrogens is 575 g/mol. The minimum Gasteiger partial charge on any atom is -0.399 e. The Kier molecular flexibility index (Phi) is 7.92. The molecule has 1 saturated heterocycles. The van der Waals surface area contributed by atoms with Crippen LogP contribution in [0.2, 0.25) is 10.0 Å². The Labute approximate surface area is 235 Å². The van der Waals surface area contributed by atoms with E-state index in [9.17, 15) is 21.6 Å². The van der Waals surface area contributed by atoms with Gasteiger partial charge in [0.15, 0.2) is 5.75 Å². The SMILES string of the molecule is CC1(C)OB(c2ccc(Cl)c3ccccc23)OC1(C)C.O=S(=O)(Oc1ccc(Cl)c2ccccc12)C(F)(F)F. The second-order valence-electron chi connectivity index (χ2n) is 9.84. The van der Waals surface area contributed by atoms with Gasteiger partial charge in [-0.3, -0.25) is 0 Å². The van der Waals surface area contributed by atoms with Gasteiger partial charge in [-0.05, 0) is 62.1 Å². The van der Waals surface area contributed by atoms with Crippen LogP contribution in [0.1, 0.15) is 27.7 Å². The van der Waals surface area contributed by atoms with Crippen LogP contribution in [0.25, 0.3) is 21.5 Å². The van der Waals surface area contributed by atoms with Crippen LogP contribution in [0.4, 0.5) is 13.2 Å². The number of fused-ring (bicyclic) bond motifs is 2. The molecule has 1 aliphatic heterocycles. The van der Waals surface area contributed by atoms with E-state index in [-0.39, 0.29) is 28.7 Å². The summed E-state index contributed by atoms with van der Waals surface area (Å²) in [5.74, 6) is -0.419. The Balaban J connectivity index is 0.000000181. The van der Waals surface area contributed by atoms with Crippen LogP contribution in [0, 0.1) is 0 Å². The van der Waals surface area contributed by atoms with Crippen molar-refractivity contribution in [1.82, 2.24) is 0 Å². The van der Waals surface area contributed by atoms with E-state index < -0.39 is 21.4 Å². The van der Waals surface area contributed by atoms with E-state index in [1.165, 1.54) is 18.2 Å². The normalized spacial score (nSPS) is 16.7. The maximum atomic E-state index is 12.3. The Morgan fingerprint density at radius 2 is 1.15 bits per heavy atom. The average Bonchev–Trinajstić information content (AvgIpc) is 3.07. The van der Waals surface area contributed by atoms with Crippen molar-refractivity contribution in [3.8, 4) is 5.75 Å². The number of halogens is 5. The molecule has 1 aliphatic rings. The van der Waals surface area contributed by atoms with E-state index in [4.69, 9.17) is 32.5 Å². The highest BCUT2D eigenvalue weighted by Crippen LogP contribution is 2.38. The summed E-state index contributed by atoms with van der Waals surface area (Å²) in [6.07, 6.45) is 0. The number of hydrogen-bond acceptors (Lipinski definition) is 5. The third-order valence-electron chi connectivity index (χ3n) is 6.73. The van der Waals surface area contributed by atoms with Gasteiger partial charge in [0.25, 0.3) is 0 Å². The van der Waals surface area contributed by atoms with Crippen molar-refractivity contribution < 1.29 is 35.1 Å². The van der Waals surface area contributed by atoms with E-state index >= 15 is 0 Å². The molecule has 0 amide bonds. The Morgan fingerprint density at radius 3 is 1.67 bits per heavy atom. The predicted molar refractivity (Wildman–Crippen MR) is 149 cm³/mol. The molecule has 0 radical (unpaired) electrons. The van der Waals surface area contributed by atoms with Gasteiger partial charge in [-0.25, -0.2) is 0 Å². The summed E-state index contributed by atoms with van der Waals surface area (Å²) in [5, 5.41) is 3.73. The Bertz CT molecular complexity index is 1630. The van der Waals surface area contributed by atoms with Gasteiger partial charge >= 0.3 is 22.7 Å². The fraction of sp³-hybridized carbons (Fsp3) is 0.259. The maximum absolute atomic E-state index is 12.3. The molecule has 1 heterocycles. The summed E-state index contributed by atoms with van der Waals surface area (Å²) in [4.78, 5) is 0. The minimum absolute atomic E-state index is 0.183. The molecule has 0 unspecified atom stereocenters. The van der Waals surface area contributed by atoms with Gasteiger partial charge in [-0.2, -0.15) is 21.6 Å². The summed E-state index contributed by atoms with van der Waals surface area (Å²) < 4.78 is 75.1. The highest BCUT2D eigenvalue weighted by atomic mass is 35.5. The van der Waals surface area contributed by atoms with Gasteiger partial charge in [-0.1, -0.05) is 77.8 Å². The van der Waals surface area contributed by atoms with Gasteiger partial charge in [0.05, 0.1) is 11.2 Å². The average molecular weight is 599 g/mol. The molecule has 39 heavy (non-hydrogen) atoms. The van der Waals surface area contributed by atoms with Crippen LogP contribution in [-0.2, 0) is 19.4 Å². The van der Waals surface area contributed by atoms with Crippen molar-refractivity contribution in [3.05, 3.63) is 82.8 Å². The van der Waals surface area contributed by atoms with Crippen LogP contribution in [-0.4, -0.2) is 32.2 Å². The van der Waals surface area contributed by atoms with Crippen LogP contribution in [0.5, 0.6) is 5.75 Å². The number of hydrogen-bond donors (Lipinski definition) is 0. The summed E-state index contributed by atoms with van der Waals surface area (Å²) >= 11 is 12.1. The third-order valence-corrected chi connectivity index (χ3v) is 8.35. The summed E-state index contributed by atoms with van der Waals surface area (Å²) in [6.45, 7) is 8.24. The van der Waals surface area contributed by atoms with Crippen LogP contribution in [0.3, 0.4) is 0 Å². The highest BCUT2D eigenvalue weighted by molar-refractivity contribution is 7.88. The molecule has 4 aromatic rings. The van der Waals surface area contributed by atoms with Gasteiger partial charge in [0.2, 0.25) is 0 Å². The zero-order valence-corrected chi connectivity index (χ0v) is 23.7. The molecule has 4 aromatic carbocycles. The summed E-state index contributed by atoms with van der Waals surface area (Å²) in [5.41, 5.74) is -5.12. The van der Waals surface area contributed by atoms with Crippen molar-refractivity contribution in [3.63, 3.8) is 0 Å². The molecule has 0 aromatic heterocycles. The van der Waals surface area contributed by atoms with Crippen molar-refractivity contribution in [2.75, 3.05) is 0 Å². The lowest BCUT2D eigenvalue weighted by Gasteiger charge is -2.32. The molecule has 0 spiro atoms. The van der Waals surface area contributed by atoms with Crippen LogP contribution >= 0.6 is 23.2 Å². The van der Waals surface area contributed by atoms with Crippen LogP contribution < -0.4 is 9.65 Å². The molecule has 0 saturated carbocycles. The Hall–Kier alpha value is -2.50. The number of rotatable bonds is 3. The lowest BCUT2D eigenvalue weighted by atomic mass is 9.76. The largest absolute Gasteiger partial charge is 0.534 e. The van der Waals surface area contributed by atoms with Gasteiger partial charge in [0, 0.05) is 20.8 Å². The zero-order valence-electron chi connectivity index (χ0n) is 21.3. The quantitative estimate of drug-likeness (QED) is 0.139. The molecule has 0 N–H and O–H groups in total. The van der Waals surface area contributed by atoms with Crippen molar-refractivity contribution in [2.24, 2.45) is 0 Å². The zero-order chi connectivity index (χ0) is 28.8. The monoisotopic (exact) mass is 598 g/mol. The predicted octanol–water partition coefficient (Wildman–Crippen LogP) is 7.51. The lowest BCUT2D eigenvalue weighted by molar-refractivity contribution is -0.0499. The maximum Gasteiger partial charge on any atom is 0.534 e. The van der Waals surface area contributed by atoms with E-state index in [0.29, 0.717) is 5.39 Å². The molecule has 12 heteroatoms. The molecule has 5 nitrogen and oxygen atoms in total. The summed E-state index contributed by atoms with van der Waals surface area (Å²) in [7, 11) is -6.06. The second-order valence-corrected chi connectivity index (χ2v) is 12.2. The molecule has 0 atom stereocenters. The first-order valence-electron chi connectivity index (χ1n) is 11.7. The number of alkyl halides is 3. The third kappa shape index (κ3) is 5.86. The van der Waals surface area contributed by atoms with Crippen molar-refractivity contribution in [1.29, 1.82) is 0 Å². The van der Waals surface area contributed by atoms with E-state index in [0.717, 1.165) is 27.3 Å². The molecule has 206 valence electrons. The standard InChI is InChI=1S/C16H18BClO2.C11H6ClF3O3S/c1-15(2)16(3,4)20-17(19-15)13-9-10-14(18)12-8-6-5-7-11(12)13;12-9-5-6-10(8-4-2-1-3-7(8)9)18-19(16,17)11(13,14)15/h5-10H,1-4H3;1-6H. The summed E-state index contributed by atoms with van der Waals surface area (Å²) in [6, 6.07) is 20.4. The topological polar surface area (TPSA) is 61.8 Å². The van der Waals surface area contributed by atoms with Gasteiger partial charge < -0.3 is 13.5 Å². The van der Waals surface area contributed by atoms with E-state index in [1.54, 1.807) is 12.1 Å². The van der Waals surface area contributed by atoms with E-state index in [2.05, 4.69) is 37.9 Å². The fourth-order valence-electron chi connectivity index (χ4n) is 3.93. The van der Waals surface area contributed by atoms with Gasteiger partial charge in [-0.15, -0.1) is 0 Å². The first-order chi connectivity index (χ1) is 18.0. The fourth-order valence-corrected chi connectivity index (χ4v) is 4.87. The van der Waals surface area contributed by atoms with Crippen LogP contribution in [0.15, 0.2) is 72.8 Å². The molecular formula is C27H24BCl2F3O5S. The second kappa shape index (κ2) is 10.5. The van der Waals surface area contributed by atoms with E-state index in [1.807, 2.05) is 30.3 Å². The molecule has 0 bridgehead atoms. The molecule has 1 fully saturated rings. The number of benzene rings is 4. The first kappa shape index (κ1) is 29.5. The first-order valence-corrected chi connectivity index (χ1v) is 13.9. The van der Waals surface area contributed by atoms with Crippen molar-refractivity contribution in [2.45, 2.75) is 44.4 Å². The smallest absolute Gasteiger partial charge is 0.399 e. The molecule has 5 rings (SSSR count). The minimum atomic E-state index is -5.70. The molecule has 0 aliphatic carbocycles. The van der Waals surface area contributed by atoms with Crippen molar-refractivity contribution >= 4 is 67.4 Å². The van der Waals surface area contributed by atoms with Gasteiger partial charge in [0.1, 0.15) is 0 Å². The highest BCUT2D eigenvalue weighted by Gasteiger charge is 2.52.